The summed E-state index contributed by atoms with van der Waals surface area (Å²) < 4.78 is 16.4. The van der Waals surface area contributed by atoms with E-state index in [2.05, 4.69) is 18.3 Å². The number of fused-ring (bicyclic) bond motifs is 1. The van der Waals surface area contributed by atoms with E-state index in [9.17, 15) is 0 Å². The van der Waals surface area contributed by atoms with Gasteiger partial charge in [-0.3, -0.25) is 0 Å². The maximum atomic E-state index is 5.70. The van der Waals surface area contributed by atoms with Crippen molar-refractivity contribution in [2.24, 2.45) is 0 Å². The van der Waals surface area contributed by atoms with Crippen LogP contribution in [0.3, 0.4) is 0 Å². The first-order valence-corrected chi connectivity index (χ1v) is 6.45. The van der Waals surface area contributed by atoms with Crippen LogP contribution in [0.1, 0.15) is 32.4 Å². The van der Waals surface area contributed by atoms with Crippen LogP contribution in [0.15, 0.2) is 18.2 Å². The van der Waals surface area contributed by atoms with Crippen LogP contribution in [0.4, 0.5) is 0 Å². The maximum absolute atomic E-state index is 5.70. The lowest BCUT2D eigenvalue weighted by Crippen LogP contribution is -2.26. The topological polar surface area (TPSA) is 39.7 Å². The van der Waals surface area contributed by atoms with Crippen LogP contribution in [-0.4, -0.2) is 26.0 Å². The van der Waals surface area contributed by atoms with Crippen LogP contribution in [0.25, 0.3) is 0 Å². The van der Waals surface area contributed by atoms with Crippen molar-refractivity contribution in [3.8, 4) is 11.5 Å². The first-order valence-electron chi connectivity index (χ1n) is 6.45. The highest BCUT2D eigenvalue weighted by atomic mass is 16.7. The molecule has 18 heavy (non-hydrogen) atoms. The fourth-order valence-corrected chi connectivity index (χ4v) is 1.94. The molecule has 0 saturated heterocycles. The summed E-state index contributed by atoms with van der Waals surface area (Å²) in [6.45, 7) is 8.06. The van der Waals surface area contributed by atoms with Gasteiger partial charge in [0.05, 0.1) is 18.8 Å². The number of likely N-dealkylation sites (N-methyl/N-ethyl adjacent to an activating group) is 1. The molecule has 0 radical (unpaired) electrons. The number of rotatable bonds is 6. The van der Waals surface area contributed by atoms with E-state index in [0.29, 0.717) is 13.4 Å². The molecule has 1 N–H and O–H groups in total. The van der Waals surface area contributed by atoms with E-state index in [0.717, 1.165) is 18.0 Å². The van der Waals surface area contributed by atoms with E-state index >= 15 is 0 Å². The molecule has 1 unspecified atom stereocenters. The van der Waals surface area contributed by atoms with E-state index in [-0.39, 0.29) is 12.1 Å². The normalized spacial score (nSPS) is 15.1. The Hall–Kier alpha value is -1.26. The van der Waals surface area contributed by atoms with Crippen molar-refractivity contribution in [2.45, 2.75) is 32.9 Å². The Kier molecular flexibility index (Phi) is 4.44. The molecule has 0 aromatic heterocycles. The monoisotopic (exact) mass is 251 g/mol. The van der Waals surface area contributed by atoms with Crippen LogP contribution in [0.5, 0.6) is 11.5 Å². The molecule has 1 aromatic rings. The molecule has 1 aliphatic rings. The fourth-order valence-electron chi connectivity index (χ4n) is 1.94. The summed E-state index contributed by atoms with van der Waals surface area (Å²) >= 11 is 0. The third-order valence-corrected chi connectivity index (χ3v) is 2.85. The Morgan fingerprint density at radius 2 is 2.06 bits per heavy atom. The summed E-state index contributed by atoms with van der Waals surface area (Å²) in [4.78, 5) is 0. The van der Waals surface area contributed by atoms with Gasteiger partial charge in [0.25, 0.3) is 0 Å². The van der Waals surface area contributed by atoms with Gasteiger partial charge < -0.3 is 19.5 Å². The van der Waals surface area contributed by atoms with Gasteiger partial charge >= 0.3 is 0 Å². The zero-order chi connectivity index (χ0) is 13.0. The van der Waals surface area contributed by atoms with Gasteiger partial charge in [0, 0.05) is 0 Å². The largest absolute Gasteiger partial charge is 0.454 e. The van der Waals surface area contributed by atoms with Crippen molar-refractivity contribution in [1.29, 1.82) is 0 Å². The number of ether oxygens (including phenoxy) is 3. The molecular weight excluding hydrogens is 230 g/mol. The molecular formula is C14H21NO3. The maximum Gasteiger partial charge on any atom is 0.231 e. The second-order valence-corrected chi connectivity index (χ2v) is 4.61. The standard InChI is InChI=1S/C14H21NO3/c1-4-15-12(8-16-10(2)3)11-5-6-13-14(7-11)18-9-17-13/h5-7,10,12,15H,4,8-9H2,1-3H3. The smallest absolute Gasteiger partial charge is 0.231 e. The van der Waals surface area contributed by atoms with Crippen molar-refractivity contribution in [3.63, 3.8) is 0 Å². The number of hydrogen-bond acceptors (Lipinski definition) is 4. The molecule has 2 rings (SSSR count). The number of nitrogens with one attached hydrogen (secondary N) is 1. The third kappa shape index (κ3) is 3.15. The quantitative estimate of drug-likeness (QED) is 0.843. The Labute approximate surface area is 108 Å². The highest BCUT2D eigenvalue weighted by Crippen LogP contribution is 2.34. The van der Waals surface area contributed by atoms with Crippen molar-refractivity contribution in [1.82, 2.24) is 5.32 Å². The minimum Gasteiger partial charge on any atom is -0.454 e. The van der Waals surface area contributed by atoms with Gasteiger partial charge in [-0.2, -0.15) is 0 Å². The van der Waals surface area contributed by atoms with E-state index in [4.69, 9.17) is 14.2 Å². The van der Waals surface area contributed by atoms with Crippen LogP contribution >= 0.6 is 0 Å². The highest BCUT2D eigenvalue weighted by Gasteiger charge is 2.17. The number of hydrogen-bond donors (Lipinski definition) is 1. The van der Waals surface area contributed by atoms with Crippen molar-refractivity contribution >= 4 is 0 Å². The van der Waals surface area contributed by atoms with Gasteiger partial charge in [-0.05, 0) is 38.1 Å². The van der Waals surface area contributed by atoms with Gasteiger partial charge in [-0.1, -0.05) is 13.0 Å². The molecule has 1 aliphatic heterocycles. The molecule has 1 aromatic carbocycles. The molecule has 4 heteroatoms. The Morgan fingerprint density at radius 1 is 1.28 bits per heavy atom. The molecule has 0 spiro atoms. The van der Waals surface area contributed by atoms with E-state index in [1.54, 1.807) is 0 Å². The van der Waals surface area contributed by atoms with Gasteiger partial charge in [-0.25, -0.2) is 0 Å². The Morgan fingerprint density at radius 3 is 2.78 bits per heavy atom. The second-order valence-electron chi connectivity index (χ2n) is 4.61. The lowest BCUT2D eigenvalue weighted by Gasteiger charge is -2.20. The van der Waals surface area contributed by atoms with Gasteiger partial charge in [0.2, 0.25) is 6.79 Å². The zero-order valence-corrected chi connectivity index (χ0v) is 11.2. The van der Waals surface area contributed by atoms with Crippen LogP contribution in [-0.2, 0) is 4.74 Å². The van der Waals surface area contributed by atoms with E-state index in [1.165, 1.54) is 5.56 Å². The lowest BCUT2D eigenvalue weighted by atomic mass is 10.1. The van der Waals surface area contributed by atoms with Crippen molar-refractivity contribution < 1.29 is 14.2 Å². The summed E-state index contributed by atoms with van der Waals surface area (Å²) in [7, 11) is 0. The average Bonchev–Trinajstić information content (AvgIpc) is 2.81. The number of benzene rings is 1. The van der Waals surface area contributed by atoms with Crippen LogP contribution in [0.2, 0.25) is 0 Å². The summed E-state index contributed by atoms with van der Waals surface area (Å²) in [5.41, 5.74) is 1.17. The summed E-state index contributed by atoms with van der Waals surface area (Å²) in [5, 5.41) is 3.42. The summed E-state index contributed by atoms with van der Waals surface area (Å²) in [5.74, 6) is 1.64. The van der Waals surface area contributed by atoms with Crippen LogP contribution < -0.4 is 14.8 Å². The fraction of sp³-hybridized carbons (Fsp3) is 0.571. The minimum absolute atomic E-state index is 0.187. The molecule has 0 bridgehead atoms. The molecule has 0 amide bonds. The highest BCUT2D eigenvalue weighted by molar-refractivity contribution is 5.45. The Balaban J connectivity index is 2.09. The third-order valence-electron chi connectivity index (χ3n) is 2.85. The molecule has 100 valence electrons. The lowest BCUT2D eigenvalue weighted by molar-refractivity contribution is 0.0614. The zero-order valence-electron chi connectivity index (χ0n) is 11.2. The predicted octanol–water partition coefficient (Wildman–Crippen LogP) is 2.49. The molecule has 0 saturated carbocycles. The molecule has 1 heterocycles. The predicted molar refractivity (Wildman–Crippen MR) is 70.1 cm³/mol. The molecule has 0 fully saturated rings. The molecule has 1 atom stereocenters. The van der Waals surface area contributed by atoms with Gasteiger partial charge in [0.1, 0.15) is 0 Å². The SMILES string of the molecule is CCNC(COC(C)C)c1ccc2c(c1)OCO2. The summed E-state index contributed by atoms with van der Waals surface area (Å²) in [6, 6.07) is 6.23. The van der Waals surface area contributed by atoms with Crippen molar-refractivity contribution in [2.75, 3.05) is 19.9 Å². The van der Waals surface area contributed by atoms with Crippen LogP contribution in [0, 0.1) is 0 Å². The average molecular weight is 251 g/mol. The van der Waals surface area contributed by atoms with E-state index in [1.807, 2.05) is 26.0 Å². The molecule has 0 aliphatic carbocycles. The van der Waals surface area contributed by atoms with Gasteiger partial charge in [-0.15, -0.1) is 0 Å². The first-order chi connectivity index (χ1) is 8.70. The second kappa shape index (κ2) is 6.07. The summed E-state index contributed by atoms with van der Waals surface area (Å²) in [6.07, 6.45) is 0.236. The van der Waals surface area contributed by atoms with Crippen molar-refractivity contribution in [3.05, 3.63) is 23.8 Å². The Bertz CT molecular complexity index is 393. The minimum atomic E-state index is 0.187. The van der Waals surface area contributed by atoms with Gasteiger partial charge in [0.15, 0.2) is 11.5 Å². The first kappa shape index (κ1) is 13.2. The van der Waals surface area contributed by atoms with E-state index < -0.39 is 0 Å². The molecule has 4 nitrogen and oxygen atoms in total.